The lowest BCUT2D eigenvalue weighted by Gasteiger charge is -2.27. The zero-order valence-electron chi connectivity index (χ0n) is 18.6. The summed E-state index contributed by atoms with van der Waals surface area (Å²) in [5.41, 5.74) is 2.65. The number of esters is 1. The highest BCUT2D eigenvalue weighted by molar-refractivity contribution is 7.17. The molecular weight excluding hydrogens is 476 g/mol. The van der Waals surface area contributed by atoms with Crippen molar-refractivity contribution in [1.29, 1.82) is 0 Å². The van der Waals surface area contributed by atoms with Crippen LogP contribution in [0.3, 0.4) is 0 Å². The van der Waals surface area contributed by atoms with Crippen molar-refractivity contribution in [2.45, 2.75) is 25.6 Å². The number of thiophene rings is 1. The van der Waals surface area contributed by atoms with Gasteiger partial charge in [-0.1, -0.05) is 42.5 Å². The van der Waals surface area contributed by atoms with E-state index in [-0.39, 0.29) is 24.9 Å². The van der Waals surface area contributed by atoms with Crippen molar-refractivity contribution in [3.8, 4) is 11.5 Å². The SMILES string of the molecule is COC(=O)c1c(NC(=O)C2COc3ccccc3O2)sc2c1CCN(Cc1ccccc1)C2.Cl. The molecule has 3 aromatic rings. The summed E-state index contributed by atoms with van der Waals surface area (Å²) in [6.45, 7) is 2.48. The monoisotopic (exact) mass is 500 g/mol. The Morgan fingerprint density at radius 2 is 1.85 bits per heavy atom. The number of anilines is 1. The molecule has 1 unspecified atom stereocenters. The van der Waals surface area contributed by atoms with Gasteiger partial charge in [0.1, 0.15) is 11.6 Å². The summed E-state index contributed by atoms with van der Waals surface area (Å²) >= 11 is 1.43. The number of amides is 1. The van der Waals surface area contributed by atoms with Crippen LogP contribution in [-0.2, 0) is 29.0 Å². The molecule has 178 valence electrons. The number of hydrogen-bond donors (Lipinski definition) is 1. The lowest BCUT2D eigenvalue weighted by molar-refractivity contribution is -0.125. The van der Waals surface area contributed by atoms with Crippen LogP contribution in [0.15, 0.2) is 54.6 Å². The van der Waals surface area contributed by atoms with E-state index in [0.717, 1.165) is 30.0 Å². The van der Waals surface area contributed by atoms with E-state index in [1.54, 1.807) is 12.1 Å². The van der Waals surface area contributed by atoms with Crippen LogP contribution in [0.25, 0.3) is 0 Å². The van der Waals surface area contributed by atoms with Gasteiger partial charge in [-0.3, -0.25) is 9.69 Å². The number of ether oxygens (including phenoxy) is 3. The molecule has 2 aromatic carbocycles. The first-order chi connectivity index (χ1) is 16.1. The number of carbonyl (C=O) groups excluding carboxylic acids is 2. The average molecular weight is 501 g/mol. The lowest BCUT2D eigenvalue weighted by atomic mass is 10.0. The molecule has 5 rings (SSSR count). The van der Waals surface area contributed by atoms with Crippen LogP contribution in [0.1, 0.15) is 26.4 Å². The standard InChI is InChI=1S/C25H24N2O5S.ClH/c1-30-25(29)22-17-11-12-27(13-16-7-3-2-4-8-16)14-21(17)33-24(22)26-23(28)20-15-31-18-9-5-6-10-19(18)32-20;/h2-10,20H,11-15H2,1H3,(H,26,28);1H. The number of fused-ring (bicyclic) bond motifs is 2. The van der Waals surface area contributed by atoms with Crippen LogP contribution in [0, 0.1) is 0 Å². The Kier molecular flexibility index (Phi) is 7.41. The van der Waals surface area contributed by atoms with Crippen molar-refractivity contribution >= 4 is 40.6 Å². The Labute approximate surface area is 208 Å². The van der Waals surface area contributed by atoms with Crippen LogP contribution < -0.4 is 14.8 Å². The third-order valence-corrected chi connectivity index (χ3v) is 6.94. The van der Waals surface area contributed by atoms with E-state index >= 15 is 0 Å². The number of rotatable bonds is 5. The number of nitrogens with zero attached hydrogens (tertiary/aromatic N) is 1. The smallest absolute Gasteiger partial charge is 0.341 e. The second-order valence-corrected chi connectivity index (χ2v) is 9.10. The van der Waals surface area contributed by atoms with E-state index in [1.807, 2.05) is 30.3 Å². The molecule has 0 saturated heterocycles. The third-order valence-electron chi connectivity index (χ3n) is 5.81. The van der Waals surface area contributed by atoms with Crippen molar-refractivity contribution in [2.24, 2.45) is 0 Å². The van der Waals surface area contributed by atoms with Gasteiger partial charge in [-0.2, -0.15) is 0 Å². The van der Waals surface area contributed by atoms with Crippen LogP contribution in [0.5, 0.6) is 11.5 Å². The van der Waals surface area contributed by atoms with Gasteiger partial charge in [0.25, 0.3) is 5.91 Å². The maximum Gasteiger partial charge on any atom is 0.341 e. The molecule has 34 heavy (non-hydrogen) atoms. The van der Waals surface area contributed by atoms with Crippen molar-refractivity contribution < 1.29 is 23.8 Å². The topological polar surface area (TPSA) is 77.1 Å². The number of carbonyl (C=O) groups is 2. The molecule has 7 nitrogen and oxygen atoms in total. The van der Waals surface area contributed by atoms with Crippen molar-refractivity contribution in [3.63, 3.8) is 0 Å². The Morgan fingerprint density at radius 1 is 1.12 bits per heavy atom. The minimum atomic E-state index is -0.806. The molecule has 0 saturated carbocycles. The average Bonchev–Trinajstić information content (AvgIpc) is 3.20. The zero-order chi connectivity index (χ0) is 22.8. The van der Waals surface area contributed by atoms with Gasteiger partial charge in [-0.05, 0) is 29.7 Å². The fraction of sp³-hybridized carbons (Fsp3) is 0.280. The third kappa shape index (κ3) is 4.89. The van der Waals surface area contributed by atoms with E-state index in [9.17, 15) is 9.59 Å². The van der Waals surface area contributed by atoms with Crippen molar-refractivity contribution in [2.75, 3.05) is 25.6 Å². The number of para-hydroxylation sites is 2. The molecule has 2 aliphatic rings. The van der Waals surface area contributed by atoms with Gasteiger partial charge in [-0.25, -0.2) is 4.79 Å². The summed E-state index contributed by atoms with van der Waals surface area (Å²) in [5, 5.41) is 3.40. The quantitative estimate of drug-likeness (QED) is 0.526. The summed E-state index contributed by atoms with van der Waals surface area (Å²) < 4.78 is 16.5. The molecule has 9 heteroatoms. The Hall–Kier alpha value is -3.07. The number of methoxy groups -OCH3 is 1. The van der Waals surface area contributed by atoms with E-state index < -0.39 is 12.1 Å². The van der Waals surface area contributed by atoms with E-state index in [0.29, 0.717) is 28.6 Å². The van der Waals surface area contributed by atoms with Crippen molar-refractivity contribution in [3.05, 3.63) is 76.2 Å². The van der Waals surface area contributed by atoms with E-state index in [4.69, 9.17) is 14.2 Å². The summed E-state index contributed by atoms with van der Waals surface area (Å²) in [5.74, 6) is 0.348. The van der Waals surface area contributed by atoms with Crippen molar-refractivity contribution in [1.82, 2.24) is 4.90 Å². The maximum atomic E-state index is 13.0. The largest absolute Gasteiger partial charge is 0.485 e. The highest BCUT2D eigenvalue weighted by atomic mass is 35.5. The molecule has 1 amide bonds. The molecule has 0 fully saturated rings. The van der Waals surface area contributed by atoms with Gasteiger partial charge >= 0.3 is 5.97 Å². The number of hydrogen-bond acceptors (Lipinski definition) is 7. The first-order valence-corrected chi connectivity index (χ1v) is 11.6. The molecule has 2 aliphatic heterocycles. The highest BCUT2D eigenvalue weighted by Crippen LogP contribution is 2.38. The summed E-state index contributed by atoms with van der Waals surface area (Å²) in [6, 6.07) is 17.5. The molecule has 1 aromatic heterocycles. The number of nitrogens with one attached hydrogen (secondary N) is 1. The Morgan fingerprint density at radius 3 is 2.62 bits per heavy atom. The maximum absolute atomic E-state index is 13.0. The minimum absolute atomic E-state index is 0. The van der Waals surface area contributed by atoms with Gasteiger partial charge in [0.15, 0.2) is 11.5 Å². The summed E-state index contributed by atoms with van der Waals surface area (Å²) in [4.78, 5) is 29.0. The van der Waals surface area contributed by atoms with Gasteiger partial charge < -0.3 is 19.5 Å². The molecule has 0 bridgehead atoms. The Balaban J connectivity index is 0.00000274. The molecule has 0 spiro atoms. The van der Waals surface area contributed by atoms with Gasteiger partial charge in [0.05, 0.1) is 12.7 Å². The highest BCUT2D eigenvalue weighted by Gasteiger charge is 2.32. The number of benzene rings is 2. The van der Waals surface area contributed by atoms with Gasteiger partial charge in [0.2, 0.25) is 6.10 Å². The lowest BCUT2D eigenvalue weighted by Crippen LogP contribution is -2.40. The molecule has 1 N–H and O–H groups in total. The van der Waals surface area contributed by atoms with Crippen LogP contribution >= 0.6 is 23.7 Å². The van der Waals surface area contributed by atoms with Crippen LogP contribution in [-0.4, -0.2) is 43.1 Å². The second kappa shape index (κ2) is 10.5. The van der Waals surface area contributed by atoms with E-state index in [2.05, 4.69) is 22.3 Å². The van der Waals surface area contributed by atoms with Gasteiger partial charge in [0, 0.05) is 24.5 Å². The first-order valence-electron chi connectivity index (χ1n) is 10.8. The first kappa shape index (κ1) is 24.1. The molecule has 3 heterocycles. The summed E-state index contributed by atoms with van der Waals surface area (Å²) in [6.07, 6.45) is -0.0887. The van der Waals surface area contributed by atoms with Crippen LogP contribution in [0.2, 0.25) is 0 Å². The molecular formula is C25H25ClN2O5S. The predicted octanol–water partition coefficient (Wildman–Crippen LogP) is 4.29. The second-order valence-electron chi connectivity index (χ2n) is 8.00. The van der Waals surface area contributed by atoms with E-state index in [1.165, 1.54) is 24.0 Å². The fourth-order valence-electron chi connectivity index (χ4n) is 4.18. The minimum Gasteiger partial charge on any atom is -0.485 e. The summed E-state index contributed by atoms with van der Waals surface area (Å²) in [7, 11) is 1.36. The Bertz CT molecular complexity index is 1180. The molecule has 0 aliphatic carbocycles. The fourth-order valence-corrected chi connectivity index (χ4v) is 5.46. The molecule has 1 atom stereocenters. The number of halogens is 1. The normalized spacial score (nSPS) is 16.7. The zero-order valence-corrected chi connectivity index (χ0v) is 20.2. The van der Waals surface area contributed by atoms with Crippen LogP contribution in [0.4, 0.5) is 5.00 Å². The molecule has 0 radical (unpaired) electrons. The van der Waals surface area contributed by atoms with Gasteiger partial charge in [-0.15, -0.1) is 23.7 Å². The predicted molar refractivity (Wildman–Crippen MR) is 132 cm³/mol.